The molecule has 0 heterocycles. The molecule has 20 heavy (non-hydrogen) atoms. The van der Waals surface area contributed by atoms with Gasteiger partial charge < -0.3 is 10.6 Å². The molecule has 4 rings (SSSR count). The molecule has 3 fully saturated rings. The third-order valence-electron chi connectivity index (χ3n) is 5.92. The topological polar surface area (TPSA) is 46.3 Å². The number of fused-ring (bicyclic) bond motifs is 5. The molecular weight excluding hydrogens is 248 g/mol. The zero-order chi connectivity index (χ0) is 13.9. The van der Waals surface area contributed by atoms with E-state index in [2.05, 4.69) is 0 Å². The van der Waals surface area contributed by atoms with Gasteiger partial charge in [-0.15, -0.1) is 0 Å². The number of carbonyl (C=O) groups is 1. The Morgan fingerprint density at radius 3 is 2.55 bits per heavy atom. The number of para-hydroxylation sites is 1. The van der Waals surface area contributed by atoms with Crippen molar-refractivity contribution < 1.29 is 4.79 Å². The lowest BCUT2D eigenvalue weighted by atomic mass is 10.0. The van der Waals surface area contributed by atoms with Crippen molar-refractivity contribution in [2.75, 3.05) is 11.9 Å². The summed E-state index contributed by atoms with van der Waals surface area (Å²) in [5.74, 6) is 3.71. The molecule has 0 spiro atoms. The number of hydrogen-bond acceptors (Lipinski definition) is 2. The fourth-order valence-corrected chi connectivity index (χ4v) is 5.01. The van der Waals surface area contributed by atoms with Gasteiger partial charge in [-0.1, -0.05) is 18.2 Å². The summed E-state index contributed by atoms with van der Waals surface area (Å²) in [5, 5.41) is 0. The number of nitrogens with zero attached hydrogens (tertiary/aromatic N) is 1. The molecule has 3 aliphatic rings. The lowest BCUT2D eigenvalue weighted by molar-refractivity contribution is -0.120. The largest absolute Gasteiger partial charge is 0.326 e. The number of carbonyl (C=O) groups excluding carboxylic acids is 1. The van der Waals surface area contributed by atoms with Crippen LogP contribution in [0.1, 0.15) is 24.8 Å². The molecule has 3 aliphatic carbocycles. The first-order valence-electron chi connectivity index (χ1n) is 7.78. The molecule has 2 bridgehead atoms. The van der Waals surface area contributed by atoms with Crippen LogP contribution >= 0.6 is 0 Å². The standard InChI is InChI=1S/C17H22N2O/c1-19(13-5-3-2-4-12(13)9-18)17(20)16-14-10-6-7-11(8-10)15(14)16/h2-5,10-11,14-16H,6-9,18H2,1H3. The Bertz CT molecular complexity index is 540. The van der Waals surface area contributed by atoms with Crippen LogP contribution < -0.4 is 10.6 Å². The summed E-state index contributed by atoms with van der Waals surface area (Å²) in [6.45, 7) is 0.483. The number of benzene rings is 1. The van der Waals surface area contributed by atoms with Gasteiger partial charge in [0, 0.05) is 25.2 Å². The fraction of sp³-hybridized carbons (Fsp3) is 0.588. The van der Waals surface area contributed by atoms with Crippen molar-refractivity contribution in [3.63, 3.8) is 0 Å². The fourth-order valence-electron chi connectivity index (χ4n) is 5.01. The lowest BCUT2D eigenvalue weighted by Gasteiger charge is -2.22. The smallest absolute Gasteiger partial charge is 0.230 e. The van der Waals surface area contributed by atoms with E-state index in [0.717, 1.165) is 23.1 Å². The Hall–Kier alpha value is -1.35. The summed E-state index contributed by atoms with van der Waals surface area (Å²) in [6.07, 6.45) is 4.11. The van der Waals surface area contributed by atoms with Crippen molar-refractivity contribution >= 4 is 11.6 Å². The van der Waals surface area contributed by atoms with Gasteiger partial charge in [0.2, 0.25) is 5.91 Å². The van der Waals surface area contributed by atoms with E-state index in [9.17, 15) is 4.79 Å². The summed E-state index contributed by atoms with van der Waals surface area (Å²) in [7, 11) is 1.91. The molecule has 4 unspecified atom stereocenters. The predicted octanol–water partition coefficient (Wildman–Crippen LogP) is 2.40. The number of hydrogen-bond donors (Lipinski definition) is 1. The van der Waals surface area contributed by atoms with E-state index < -0.39 is 0 Å². The molecule has 106 valence electrons. The van der Waals surface area contributed by atoms with Gasteiger partial charge >= 0.3 is 0 Å². The maximum atomic E-state index is 12.8. The molecule has 0 aromatic heterocycles. The van der Waals surface area contributed by atoms with Crippen LogP contribution in [0.2, 0.25) is 0 Å². The van der Waals surface area contributed by atoms with Gasteiger partial charge in [-0.3, -0.25) is 4.79 Å². The van der Waals surface area contributed by atoms with Crippen LogP contribution in [0, 0.1) is 29.6 Å². The second-order valence-electron chi connectivity index (χ2n) is 6.74. The van der Waals surface area contributed by atoms with E-state index in [0.29, 0.717) is 30.2 Å². The zero-order valence-corrected chi connectivity index (χ0v) is 12.0. The number of anilines is 1. The Morgan fingerprint density at radius 1 is 1.25 bits per heavy atom. The van der Waals surface area contributed by atoms with Crippen LogP contribution in [-0.2, 0) is 11.3 Å². The summed E-state index contributed by atoms with van der Waals surface area (Å²) in [5.41, 5.74) is 7.82. The molecule has 0 saturated heterocycles. The molecule has 0 aliphatic heterocycles. The maximum absolute atomic E-state index is 12.8. The first-order chi connectivity index (χ1) is 9.72. The van der Waals surface area contributed by atoms with Crippen molar-refractivity contribution in [2.45, 2.75) is 25.8 Å². The van der Waals surface area contributed by atoms with Crippen LogP contribution in [0.3, 0.4) is 0 Å². The highest BCUT2D eigenvalue weighted by molar-refractivity contribution is 5.97. The quantitative estimate of drug-likeness (QED) is 0.916. The van der Waals surface area contributed by atoms with Gasteiger partial charge in [-0.2, -0.15) is 0 Å². The van der Waals surface area contributed by atoms with E-state index in [1.165, 1.54) is 19.3 Å². The first kappa shape index (κ1) is 12.4. The highest BCUT2D eigenvalue weighted by Gasteiger charge is 2.67. The summed E-state index contributed by atoms with van der Waals surface area (Å²) < 4.78 is 0. The highest BCUT2D eigenvalue weighted by Crippen LogP contribution is 2.69. The van der Waals surface area contributed by atoms with Gasteiger partial charge in [0.25, 0.3) is 0 Å². The molecular formula is C17H22N2O. The molecule has 1 amide bonds. The van der Waals surface area contributed by atoms with E-state index in [-0.39, 0.29) is 0 Å². The minimum absolute atomic E-state index is 0.303. The minimum Gasteiger partial charge on any atom is -0.326 e. The highest BCUT2D eigenvalue weighted by atomic mass is 16.2. The predicted molar refractivity (Wildman–Crippen MR) is 79.0 cm³/mol. The van der Waals surface area contributed by atoms with E-state index >= 15 is 0 Å². The summed E-state index contributed by atoms with van der Waals surface area (Å²) >= 11 is 0. The second-order valence-corrected chi connectivity index (χ2v) is 6.74. The Balaban J connectivity index is 1.55. The van der Waals surface area contributed by atoms with Crippen molar-refractivity contribution in [1.82, 2.24) is 0 Å². The Labute approximate surface area is 120 Å². The molecule has 4 atom stereocenters. The molecule has 3 nitrogen and oxygen atoms in total. The van der Waals surface area contributed by atoms with Crippen molar-refractivity contribution in [1.29, 1.82) is 0 Å². The lowest BCUT2D eigenvalue weighted by Crippen LogP contribution is -2.31. The minimum atomic E-state index is 0.303. The summed E-state index contributed by atoms with van der Waals surface area (Å²) in [6, 6.07) is 7.98. The van der Waals surface area contributed by atoms with Gasteiger partial charge in [0.15, 0.2) is 0 Å². The number of rotatable bonds is 3. The zero-order valence-electron chi connectivity index (χ0n) is 12.0. The summed E-state index contributed by atoms with van der Waals surface area (Å²) in [4.78, 5) is 14.6. The average molecular weight is 270 g/mol. The normalized spacial score (nSPS) is 36.8. The van der Waals surface area contributed by atoms with Crippen LogP contribution in [0.15, 0.2) is 24.3 Å². The van der Waals surface area contributed by atoms with Crippen LogP contribution in [0.4, 0.5) is 5.69 Å². The van der Waals surface area contributed by atoms with Crippen LogP contribution in [-0.4, -0.2) is 13.0 Å². The monoisotopic (exact) mass is 270 g/mol. The van der Waals surface area contributed by atoms with Crippen LogP contribution in [0.25, 0.3) is 0 Å². The van der Waals surface area contributed by atoms with E-state index in [4.69, 9.17) is 5.73 Å². The van der Waals surface area contributed by atoms with Crippen molar-refractivity contribution in [3.8, 4) is 0 Å². The molecule has 3 saturated carbocycles. The van der Waals surface area contributed by atoms with Gasteiger partial charge in [0.05, 0.1) is 0 Å². The second kappa shape index (κ2) is 4.32. The molecule has 0 radical (unpaired) electrons. The Morgan fingerprint density at radius 2 is 1.90 bits per heavy atom. The first-order valence-corrected chi connectivity index (χ1v) is 7.78. The van der Waals surface area contributed by atoms with Gasteiger partial charge in [-0.05, 0) is 54.6 Å². The van der Waals surface area contributed by atoms with Crippen LogP contribution in [0.5, 0.6) is 0 Å². The van der Waals surface area contributed by atoms with E-state index in [1.807, 2.05) is 36.2 Å². The Kier molecular flexibility index (Phi) is 2.68. The molecule has 3 heteroatoms. The molecule has 1 aromatic rings. The average Bonchev–Trinajstić information content (AvgIpc) is 2.92. The number of nitrogens with two attached hydrogens (primary N) is 1. The molecule has 1 aromatic carbocycles. The van der Waals surface area contributed by atoms with Gasteiger partial charge in [-0.25, -0.2) is 0 Å². The van der Waals surface area contributed by atoms with Gasteiger partial charge in [0.1, 0.15) is 0 Å². The molecule has 2 N–H and O–H groups in total. The van der Waals surface area contributed by atoms with Crippen molar-refractivity contribution in [3.05, 3.63) is 29.8 Å². The SMILES string of the molecule is CN(C(=O)C1C2C3CCC(C3)C12)c1ccccc1CN. The third-order valence-corrected chi connectivity index (χ3v) is 5.92. The van der Waals surface area contributed by atoms with Crippen molar-refractivity contribution in [2.24, 2.45) is 35.3 Å². The maximum Gasteiger partial charge on any atom is 0.230 e. The van der Waals surface area contributed by atoms with E-state index in [1.54, 1.807) is 0 Å². The number of amides is 1. The third kappa shape index (κ3) is 1.59.